The number of rotatable bonds is 3. The van der Waals surface area contributed by atoms with Crippen LogP contribution in [0.5, 0.6) is 0 Å². The van der Waals surface area contributed by atoms with E-state index in [2.05, 4.69) is 10.3 Å². The Morgan fingerprint density at radius 1 is 1.33 bits per heavy atom. The molecule has 0 atom stereocenters. The average molecular weight is 311 g/mol. The first-order valence-corrected chi connectivity index (χ1v) is 6.91. The fourth-order valence-corrected chi connectivity index (χ4v) is 2.76. The van der Waals surface area contributed by atoms with Crippen molar-refractivity contribution in [2.45, 2.75) is 26.6 Å². The summed E-state index contributed by atoms with van der Waals surface area (Å²) in [6.45, 7) is 4.19. The fourth-order valence-electron chi connectivity index (χ4n) is 1.88. The van der Waals surface area contributed by atoms with Crippen molar-refractivity contribution >= 4 is 17.0 Å². The summed E-state index contributed by atoms with van der Waals surface area (Å²) in [4.78, 5) is 5.27. The number of hydrogen-bond acceptors (Lipinski definition) is 4. The summed E-state index contributed by atoms with van der Waals surface area (Å²) < 4.78 is 37.8. The van der Waals surface area contributed by atoms with E-state index < -0.39 is 11.7 Å². The van der Waals surface area contributed by atoms with E-state index in [-0.39, 0.29) is 5.56 Å². The molecule has 0 saturated carbocycles. The number of thiazole rings is 1. The molecule has 21 heavy (non-hydrogen) atoms. The molecule has 0 spiro atoms. The van der Waals surface area contributed by atoms with E-state index >= 15 is 0 Å². The highest BCUT2D eigenvalue weighted by molar-refractivity contribution is 7.11. The maximum atomic E-state index is 12.6. The summed E-state index contributed by atoms with van der Waals surface area (Å²) in [6, 6.07) is 4.89. The van der Waals surface area contributed by atoms with Crippen molar-refractivity contribution in [2.75, 3.05) is 5.32 Å². The van der Waals surface area contributed by atoms with Crippen molar-refractivity contribution in [1.82, 2.24) is 4.98 Å². The quantitative estimate of drug-likeness (QED) is 0.921. The third-order valence-corrected chi connectivity index (χ3v) is 3.98. The molecule has 0 amide bonds. The molecule has 1 heterocycles. The first-order chi connectivity index (χ1) is 9.81. The van der Waals surface area contributed by atoms with E-state index in [1.54, 1.807) is 6.07 Å². The van der Waals surface area contributed by atoms with Gasteiger partial charge in [-0.3, -0.25) is 0 Å². The van der Waals surface area contributed by atoms with Gasteiger partial charge >= 0.3 is 6.18 Å². The maximum Gasteiger partial charge on any atom is 0.416 e. The van der Waals surface area contributed by atoms with Crippen molar-refractivity contribution in [3.05, 3.63) is 44.9 Å². The van der Waals surface area contributed by atoms with Crippen molar-refractivity contribution in [1.29, 1.82) is 5.26 Å². The van der Waals surface area contributed by atoms with Crippen molar-refractivity contribution < 1.29 is 13.2 Å². The van der Waals surface area contributed by atoms with Gasteiger partial charge in [0.25, 0.3) is 0 Å². The first kappa shape index (κ1) is 15.3. The number of benzene rings is 1. The number of nitrogens with zero attached hydrogens (tertiary/aromatic N) is 2. The lowest BCUT2D eigenvalue weighted by atomic mass is 10.1. The molecule has 0 aliphatic carbocycles. The van der Waals surface area contributed by atoms with Gasteiger partial charge in [0.05, 0.1) is 34.1 Å². The third-order valence-electron chi connectivity index (χ3n) is 2.91. The lowest BCUT2D eigenvalue weighted by molar-refractivity contribution is -0.137. The normalized spacial score (nSPS) is 11.2. The molecule has 0 aliphatic heterocycles. The Hall–Kier alpha value is -2.07. The molecule has 1 N–H and O–H groups in total. The van der Waals surface area contributed by atoms with Crippen LogP contribution in [-0.2, 0) is 12.7 Å². The largest absolute Gasteiger partial charge is 0.416 e. The predicted octanol–water partition coefficient (Wildman–Crippen LogP) is 4.26. The Morgan fingerprint density at radius 2 is 2.05 bits per heavy atom. The smallest absolute Gasteiger partial charge is 0.379 e. The summed E-state index contributed by atoms with van der Waals surface area (Å²) in [5.74, 6) is 0. The van der Waals surface area contributed by atoms with Gasteiger partial charge in [0.15, 0.2) is 0 Å². The van der Waals surface area contributed by atoms with Crippen LogP contribution in [0.1, 0.15) is 26.7 Å². The molecule has 110 valence electrons. The molecule has 7 heteroatoms. The second-order valence-electron chi connectivity index (χ2n) is 4.46. The molecule has 0 aliphatic rings. The molecule has 0 bridgehead atoms. The van der Waals surface area contributed by atoms with Gasteiger partial charge in [-0.05, 0) is 32.0 Å². The monoisotopic (exact) mass is 311 g/mol. The zero-order valence-electron chi connectivity index (χ0n) is 11.4. The Balaban J connectivity index is 2.21. The molecule has 1 aromatic carbocycles. The second-order valence-corrected chi connectivity index (χ2v) is 5.75. The van der Waals surface area contributed by atoms with E-state index in [4.69, 9.17) is 5.26 Å². The van der Waals surface area contributed by atoms with Gasteiger partial charge in [-0.1, -0.05) is 0 Å². The lowest BCUT2D eigenvalue weighted by Crippen LogP contribution is -2.07. The number of anilines is 1. The van der Waals surface area contributed by atoms with E-state index in [1.165, 1.54) is 17.4 Å². The Bertz CT molecular complexity index is 698. The molecular formula is C14H12F3N3S. The highest BCUT2D eigenvalue weighted by atomic mass is 32.1. The van der Waals surface area contributed by atoms with Crippen LogP contribution in [0.3, 0.4) is 0 Å². The highest BCUT2D eigenvalue weighted by Crippen LogP contribution is 2.32. The van der Waals surface area contributed by atoms with Crippen LogP contribution in [0.25, 0.3) is 0 Å². The molecule has 2 rings (SSSR count). The molecule has 0 saturated heterocycles. The number of aromatic nitrogens is 1. The minimum absolute atomic E-state index is 0.0243. The minimum Gasteiger partial charge on any atom is -0.379 e. The van der Waals surface area contributed by atoms with Gasteiger partial charge in [-0.25, -0.2) is 4.98 Å². The minimum atomic E-state index is -4.45. The van der Waals surface area contributed by atoms with Crippen molar-refractivity contribution in [2.24, 2.45) is 0 Å². The molecular weight excluding hydrogens is 299 g/mol. The lowest BCUT2D eigenvalue weighted by Gasteiger charge is -2.11. The topological polar surface area (TPSA) is 48.7 Å². The Morgan fingerprint density at radius 3 is 2.57 bits per heavy atom. The van der Waals surface area contributed by atoms with Gasteiger partial charge in [0.2, 0.25) is 0 Å². The number of hydrogen-bond donors (Lipinski definition) is 1. The molecule has 2 aromatic rings. The number of aryl methyl sites for hydroxylation is 2. The van der Waals surface area contributed by atoms with Crippen LogP contribution in [-0.4, -0.2) is 4.98 Å². The number of nitrogens with one attached hydrogen (secondary N) is 1. The fraction of sp³-hybridized carbons (Fsp3) is 0.286. The van der Waals surface area contributed by atoms with Gasteiger partial charge in [0.1, 0.15) is 6.07 Å². The SMILES string of the molecule is Cc1nc(C)c(CNc2ccc(C(F)(F)F)cc2C#N)s1. The van der Waals surface area contributed by atoms with Crippen molar-refractivity contribution in [3.8, 4) is 6.07 Å². The van der Waals surface area contributed by atoms with E-state index in [1.807, 2.05) is 13.8 Å². The average Bonchev–Trinajstić information content (AvgIpc) is 2.73. The first-order valence-electron chi connectivity index (χ1n) is 6.09. The second kappa shape index (κ2) is 5.74. The van der Waals surface area contributed by atoms with E-state index in [0.29, 0.717) is 12.2 Å². The summed E-state index contributed by atoms with van der Waals surface area (Å²) >= 11 is 1.52. The summed E-state index contributed by atoms with van der Waals surface area (Å²) in [5, 5.41) is 12.9. The molecule has 1 aromatic heterocycles. The predicted molar refractivity (Wildman–Crippen MR) is 75.1 cm³/mol. The zero-order valence-corrected chi connectivity index (χ0v) is 12.2. The summed E-state index contributed by atoms with van der Waals surface area (Å²) in [6.07, 6.45) is -4.45. The molecule has 0 radical (unpaired) electrons. The molecule has 0 fully saturated rings. The van der Waals surface area contributed by atoms with Crippen LogP contribution < -0.4 is 5.32 Å². The van der Waals surface area contributed by atoms with Crippen molar-refractivity contribution in [3.63, 3.8) is 0 Å². The number of alkyl halides is 3. The van der Waals surface area contributed by atoms with Crippen LogP contribution in [0, 0.1) is 25.2 Å². The number of halogens is 3. The number of nitriles is 1. The molecule has 3 nitrogen and oxygen atoms in total. The maximum absolute atomic E-state index is 12.6. The summed E-state index contributed by atoms with van der Waals surface area (Å²) in [5.41, 5.74) is 0.421. The standard InChI is InChI=1S/C14H12F3N3S/c1-8-13(21-9(2)20-8)7-19-12-4-3-11(14(15,16)17)5-10(12)6-18/h3-5,19H,7H2,1-2H3. The van der Waals surface area contributed by atoms with Gasteiger partial charge in [-0.15, -0.1) is 11.3 Å². The summed E-state index contributed by atoms with van der Waals surface area (Å²) in [7, 11) is 0. The Labute approximate surface area is 124 Å². The van der Waals surface area contributed by atoms with E-state index in [0.717, 1.165) is 27.7 Å². The van der Waals surface area contributed by atoms with E-state index in [9.17, 15) is 13.2 Å². The van der Waals surface area contributed by atoms with Crippen LogP contribution in [0.2, 0.25) is 0 Å². The van der Waals surface area contributed by atoms with Gasteiger partial charge in [-0.2, -0.15) is 18.4 Å². The van der Waals surface area contributed by atoms with Gasteiger partial charge < -0.3 is 5.32 Å². The van der Waals surface area contributed by atoms with Gasteiger partial charge in [0, 0.05) is 4.88 Å². The highest BCUT2D eigenvalue weighted by Gasteiger charge is 2.31. The molecule has 0 unspecified atom stereocenters. The third kappa shape index (κ3) is 3.52. The van der Waals surface area contributed by atoms with Crippen LogP contribution in [0.4, 0.5) is 18.9 Å². The van der Waals surface area contributed by atoms with Crippen LogP contribution >= 0.6 is 11.3 Å². The van der Waals surface area contributed by atoms with Crippen LogP contribution in [0.15, 0.2) is 18.2 Å². The Kier molecular flexibility index (Phi) is 4.19. The zero-order chi connectivity index (χ0) is 15.6.